The van der Waals surface area contributed by atoms with Crippen LogP contribution in [-0.2, 0) is 4.74 Å². The fourth-order valence-corrected chi connectivity index (χ4v) is 5.66. The zero-order chi connectivity index (χ0) is 16.9. The molecule has 0 aromatic carbocycles. The summed E-state index contributed by atoms with van der Waals surface area (Å²) in [6.07, 6.45) is 11.1. The van der Waals surface area contributed by atoms with Gasteiger partial charge in [-0.1, -0.05) is 13.8 Å². The Morgan fingerprint density at radius 1 is 0.917 bits per heavy atom. The normalized spacial score (nSPS) is 34.8. The second-order valence-corrected chi connectivity index (χ2v) is 9.16. The lowest BCUT2D eigenvalue weighted by Crippen LogP contribution is -2.48. The van der Waals surface area contributed by atoms with Gasteiger partial charge in [-0.3, -0.25) is 0 Å². The van der Waals surface area contributed by atoms with Crippen LogP contribution in [0.5, 0.6) is 0 Å². The van der Waals surface area contributed by atoms with Crippen LogP contribution in [0.4, 0.5) is 0 Å². The Balaban J connectivity index is 1.36. The van der Waals surface area contributed by atoms with Crippen LogP contribution < -0.4 is 0 Å². The molecule has 3 heteroatoms. The topological polar surface area (TPSA) is 15.7 Å². The molecule has 3 nitrogen and oxygen atoms in total. The van der Waals surface area contributed by atoms with E-state index in [1.807, 2.05) is 0 Å². The van der Waals surface area contributed by atoms with Gasteiger partial charge in [0.2, 0.25) is 0 Å². The summed E-state index contributed by atoms with van der Waals surface area (Å²) in [6.45, 7) is 10.8. The quantitative estimate of drug-likeness (QED) is 0.754. The third-order valence-corrected chi connectivity index (χ3v) is 7.00. The number of piperidine rings is 1. The van der Waals surface area contributed by atoms with E-state index in [4.69, 9.17) is 4.74 Å². The molecule has 0 N–H and O–H groups in total. The highest BCUT2D eigenvalue weighted by Gasteiger charge is 2.29. The summed E-state index contributed by atoms with van der Waals surface area (Å²) in [5.74, 6) is 2.88. The van der Waals surface area contributed by atoms with Gasteiger partial charge in [0, 0.05) is 25.3 Å². The van der Waals surface area contributed by atoms with Crippen LogP contribution in [-0.4, -0.2) is 61.8 Å². The van der Waals surface area contributed by atoms with E-state index in [2.05, 4.69) is 30.7 Å². The molecule has 3 fully saturated rings. The Bertz CT molecular complexity index is 351. The number of likely N-dealkylation sites (tertiary alicyclic amines) is 1. The zero-order valence-corrected chi connectivity index (χ0v) is 16.4. The van der Waals surface area contributed by atoms with E-state index < -0.39 is 0 Å². The molecule has 2 saturated heterocycles. The van der Waals surface area contributed by atoms with E-state index in [9.17, 15) is 0 Å². The Morgan fingerprint density at radius 3 is 2.17 bits per heavy atom. The first-order chi connectivity index (χ1) is 11.6. The second-order valence-electron chi connectivity index (χ2n) is 9.16. The van der Waals surface area contributed by atoms with Gasteiger partial charge < -0.3 is 14.5 Å². The van der Waals surface area contributed by atoms with Crippen molar-refractivity contribution >= 4 is 0 Å². The first-order valence-electron chi connectivity index (χ1n) is 10.6. The third kappa shape index (κ3) is 5.19. The lowest BCUT2D eigenvalue weighted by atomic mass is 9.75. The Labute approximate surface area is 150 Å². The van der Waals surface area contributed by atoms with E-state index in [1.165, 1.54) is 71.0 Å². The number of ether oxygens (including phenoxy) is 1. The molecule has 2 aliphatic heterocycles. The van der Waals surface area contributed by atoms with Crippen LogP contribution in [0.1, 0.15) is 65.2 Å². The van der Waals surface area contributed by atoms with Crippen molar-refractivity contribution in [3.63, 3.8) is 0 Å². The molecule has 24 heavy (non-hydrogen) atoms. The predicted octanol–water partition coefficient (Wildman–Crippen LogP) is 4.02. The number of rotatable bonds is 5. The van der Waals surface area contributed by atoms with Crippen LogP contribution in [0.2, 0.25) is 0 Å². The van der Waals surface area contributed by atoms with Crippen LogP contribution in [0.3, 0.4) is 0 Å². The van der Waals surface area contributed by atoms with Crippen molar-refractivity contribution in [1.29, 1.82) is 0 Å². The standard InChI is InChI=1S/C21H40N2O/c1-17-14-18(2)16-19(15-17)4-9-22(3)20-5-10-23(11-6-20)21-7-12-24-13-8-21/h17-21H,4-16H2,1-3H3/t17-,18-/m1/s1. The lowest BCUT2D eigenvalue weighted by Gasteiger charge is -2.42. The molecular formula is C21H40N2O. The van der Waals surface area contributed by atoms with E-state index in [0.717, 1.165) is 43.1 Å². The minimum absolute atomic E-state index is 0.801. The van der Waals surface area contributed by atoms with Crippen molar-refractivity contribution < 1.29 is 4.74 Å². The van der Waals surface area contributed by atoms with Gasteiger partial charge in [0.25, 0.3) is 0 Å². The van der Waals surface area contributed by atoms with Crippen molar-refractivity contribution in [2.75, 3.05) is 39.9 Å². The van der Waals surface area contributed by atoms with Gasteiger partial charge in [0.15, 0.2) is 0 Å². The summed E-state index contributed by atoms with van der Waals surface area (Å²) in [5.41, 5.74) is 0. The highest BCUT2D eigenvalue weighted by Crippen LogP contribution is 2.35. The van der Waals surface area contributed by atoms with Crippen LogP contribution >= 0.6 is 0 Å². The van der Waals surface area contributed by atoms with E-state index in [1.54, 1.807) is 0 Å². The number of nitrogens with zero attached hydrogens (tertiary/aromatic N) is 2. The van der Waals surface area contributed by atoms with Crippen molar-refractivity contribution in [3.8, 4) is 0 Å². The summed E-state index contributed by atoms with van der Waals surface area (Å²) in [6, 6.07) is 1.62. The second kappa shape index (κ2) is 9.00. The van der Waals surface area contributed by atoms with E-state index in [0.29, 0.717) is 0 Å². The molecule has 0 radical (unpaired) electrons. The first kappa shape index (κ1) is 18.7. The largest absolute Gasteiger partial charge is 0.381 e. The lowest BCUT2D eigenvalue weighted by molar-refractivity contribution is 0.0152. The molecular weight excluding hydrogens is 296 g/mol. The maximum absolute atomic E-state index is 5.52. The average molecular weight is 337 g/mol. The van der Waals surface area contributed by atoms with Gasteiger partial charge in [0.05, 0.1) is 0 Å². The third-order valence-electron chi connectivity index (χ3n) is 7.00. The van der Waals surface area contributed by atoms with Gasteiger partial charge >= 0.3 is 0 Å². The fourth-order valence-electron chi connectivity index (χ4n) is 5.66. The maximum atomic E-state index is 5.52. The van der Waals surface area contributed by atoms with E-state index >= 15 is 0 Å². The van der Waals surface area contributed by atoms with Crippen molar-refractivity contribution in [2.45, 2.75) is 77.3 Å². The predicted molar refractivity (Wildman–Crippen MR) is 101 cm³/mol. The summed E-state index contributed by atoms with van der Waals surface area (Å²) in [7, 11) is 2.38. The molecule has 0 amide bonds. The molecule has 2 heterocycles. The Kier molecular flexibility index (Phi) is 7.00. The molecule has 0 unspecified atom stereocenters. The fraction of sp³-hybridized carbons (Fsp3) is 1.00. The highest BCUT2D eigenvalue weighted by molar-refractivity contribution is 4.84. The van der Waals surface area contributed by atoms with Crippen LogP contribution in [0.15, 0.2) is 0 Å². The van der Waals surface area contributed by atoms with Gasteiger partial charge in [-0.25, -0.2) is 0 Å². The summed E-state index contributed by atoms with van der Waals surface area (Å²) < 4.78 is 5.52. The van der Waals surface area contributed by atoms with Gasteiger partial charge in [0.1, 0.15) is 0 Å². The molecule has 0 aromatic heterocycles. The zero-order valence-electron chi connectivity index (χ0n) is 16.4. The minimum atomic E-state index is 0.801. The van der Waals surface area contributed by atoms with Gasteiger partial charge in [-0.15, -0.1) is 0 Å². The average Bonchev–Trinajstić information content (AvgIpc) is 2.60. The molecule has 0 aromatic rings. The molecule has 0 bridgehead atoms. The van der Waals surface area contributed by atoms with Gasteiger partial charge in [-0.2, -0.15) is 0 Å². The van der Waals surface area contributed by atoms with Crippen molar-refractivity contribution in [2.24, 2.45) is 17.8 Å². The highest BCUT2D eigenvalue weighted by atomic mass is 16.5. The number of hydrogen-bond acceptors (Lipinski definition) is 3. The minimum Gasteiger partial charge on any atom is -0.381 e. The van der Waals surface area contributed by atoms with Crippen LogP contribution in [0.25, 0.3) is 0 Å². The molecule has 1 saturated carbocycles. The maximum Gasteiger partial charge on any atom is 0.0480 e. The monoisotopic (exact) mass is 336 g/mol. The SMILES string of the molecule is C[C@H]1CC(CCN(C)C2CCN(C3CCOCC3)CC2)C[C@H](C)C1. The summed E-state index contributed by atoms with van der Waals surface area (Å²) >= 11 is 0. The molecule has 3 rings (SSSR count). The molecule has 2 atom stereocenters. The molecule has 140 valence electrons. The summed E-state index contributed by atoms with van der Waals surface area (Å²) in [4.78, 5) is 5.43. The van der Waals surface area contributed by atoms with Crippen molar-refractivity contribution in [1.82, 2.24) is 9.80 Å². The smallest absolute Gasteiger partial charge is 0.0480 e. The van der Waals surface area contributed by atoms with Crippen molar-refractivity contribution in [3.05, 3.63) is 0 Å². The van der Waals surface area contributed by atoms with E-state index in [-0.39, 0.29) is 0 Å². The summed E-state index contributed by atoms with van der Waals surface area (Å²) in [5, 5.41) is 0. The molecule has 1 aliphatic carbocycles. The first-order valence-corrected chi connectivity index (χ1v) is 10.6. The molecule has 0 spiro atoms. The number of hydrogen-bond donors (Lipinski definition) is 0. The van der Waals surface area contributed by atoms with Crippen LogP contribution in [0, 0.1) is 17.8 Å². The molecule has 3 aliphatic rings. The Hall–Kier alpha value is -0.120. The van der Waals surface area contributed by atoms with Gasteiger partial charge in [-0.05, 0) is 95.8 Å². The Morgan fingerprint density at radius 2 is 1.54 bits per heavy atom.